The third kappa shape index (κ3) is 8.10. The van der Waals surface area contributed by atoms with Crippen molar-refractivity contribution in [3.8, 4) is 0 Å². The molecule has 1 fully saturated rings. The number of thioether (sulfide) groups is 1. The van der Waals surface area contributed by atoms with Gasteiger partial charge >= 0.3 is 29.6 Å². The molecular weight excluding hydrogens is 583 g/mol. The molecule has 0 aliphatic heterocycles. The largest absolute Gasteiger partial charge is 1.00 e. The quantitative estimate of drug-likeness (QED) is 0.241. The Labute approximate surface area is 275 Å². The molecule has 9 heteroatoms. The number of fused-ring (bicyclic) bond motifs is 1. The Balaban J connectivity index is 0.00000405. The Morgan fingerprint density at radius 1 is 1.14 bits per heavy atom. The van der Waals surface area contributed by atoms with E-state index in [9.17, 15) is 23.8 Å². The second-order valence-corrected chi connectivity index (χ2v) is 13.6. The zero-order valence-electron chi connectivity index (χ0n) is 24.0. The third-order valence-corrected chi connectivity index (χ3v) is 10.2. The van der Waals surface area contributed by atoms with Crippen molar-refractivity contribution < 1.29 is 53.3 Å². The number of carboxylic acids is 1. The topological polar surface area (TPSA) is 73.2 Å². The number of aryl methyl sites for hydroxylation is 1. The smallest absolute Gasteiger partial charge is 0.550 e. The second-order valence-electron chi connectivity index (χ2n) is 11.4. The van der Waals surface area contributed by atoms with Crippen LogP contribution in [-0.4, -0.2) is 21.8 Å². The zero-order valence-corrected chi connectivity index (χ0v) is 27.7. The molecule has 42 heavy (non-hydrogen) atoms. The van der Waals surface area contributed by atoms with Crippen molar-refractivity contribution in [2.24, 2.45) is 5.41 Å². The van der Waals surface area contributed by atoms with Gasteiger partial charge in [0.2, 0.25) is 5.13 Å². The number of hydrogen-bond acceptors (Lipinski definition) is 6. The van der Waals surface area contributed by atoms with Gasteiger partial charge in [-0.05, 0) is 97.6 Å². The number of aliphatic hydroxyl groups is 1. The summed E-state index contributed by atoms with van der Waals surface area (Å²) in [5.41, 5.74) is 3.49. The van der Waals surface area contributed by atoms with Gasteiger partial charge in [-0.3, -0.25) is 0 Å². The van der Waals surface area contributed by atoms with E-state index in [1.165, 1.54) is 0 Å². The van der Waals surface area contributed by atoms with E-state index in [-0.39, 0.29) is 52.2 Å². The van der Waals surface area contributed by atoms with Crippen molar-refractivity contribution in [2.75, 3.05) is 5.75 Å². The number of hydrogen-bond donors (Lipinski definition) is 1. The average molecular weight is 616 g/mol. The fourth-order valence-electron chi connectivity index (χ4n) is 5.17. The Morgan fingerprint density at radius 2 is 1.90 bits per heavy atom. The fraction of sp³-hybridized carbons (Fsp3) is 0.333. The number of aromatic nitrogens is 1. The predicted molar refractivity (Wildman–Crippen MR) is 161 cm³/mol. The minimum atomic E-state index is -0.997. The molecule has 0 unspecified atom stereocenters. The van der Waals surface area contributed by atoms with E-state index in [2.05, 4.69) is 23.2 Å². The molecule has 1 aliphatic rings. The van der Waals surface area contributed by atoms with Crippen LogP contribution in [0.25, 0.3) is 22.4 Å². The fourth-order valence-corrected chi connectivity index (χ4v) is 7.49. The number of halogens is 2. The molecule has 0 saturated heterocycles. The molecule has 1 saturated carbocycles. The van der Waals surface area contributed by atoms with Gasteiger partial charge in [-0.2, -0.15) is 16.2 Å². The first-order valence-corrected chi connectivity index (χ1v) is 15.5. The SMILES string of the molecule is CC(C)(O)c1ccccc1CC[C@@H](SCC1(CC(=O)[O-])CC1)c1cccc(C=Cc2ccc3sc(F)c(F)c3n2)c1.[Na+]. The van der Waals surface area contributed by atoms with E-state index in [1.807, 2.05) is 36.4 Å². The van der Waals surface area contributed by atoms with Gasteiger partial charge in [-0.15, -0.1) is 11.3 Å². The average Bonchev–Trinajstić information content (AvgIpc) is 3.63. The molecule has 0 spiro atoms. The van der Waals surface area contributed by atoms with Crippen LogP contribution in [0.5, 0.6) is 0 Å². The van der Waals surface area contributed by atoms with Gasteiger partial charge in [0.25, 0.3) is 0 Å². The molecule has 2 aromatic carbocycles. The monoisotopic (exact) mass is 615 g/mol. The van der Waals surface area contributed by atoms with Gasteiger partial charge in [0, 0.05) is 11.2 Å². The normalized spacial score (nSPS) is 15.1. The number of rotatable bonds is 12. The number of thiophene rings is 1. The Hall–Kier alpha value is -2.07. The summed E-state index contributed by atoms with van der Waals surface area (Å²) in [5.74, 6) is -1.17. The van der Waals surface area contributed by atoms with Crippen LogP contribution in [0.1, 0.15) is 72.7 Å². The summed E-state index contributed by atoms with van der Waals surface area (Å²) in [6.07, 6.45) is 7.15. The standard InChI is InChI=1S/C33H33F2NO3S2.Na/c1-32(2,39)25-9-4-3-7-22(25)11-14-26(40-20-33(16-17-33)19-28(37)38)23-8-5-6-21(18-23)10-12-24-13-15-27-30(36-24)29(34)31(35)41-27;/h3-10,12-13,15,18,26,39H,11,14,16-17,19-20H2,1-2H3,(H,37,38);/q;+1/p-1/t26-;/m1./s1. The number of aliphatic carboxylic acids is 1. The molecule has 4 nitrogen and oxygen atoms in total. The second kappa shape index (κ2) is 13.7. The summed E-state index contributed by atoms with van der Waals surface area (Å²) in [5, 5.41) is 21.3. The van der Waals surface area contributed by atoms with Crippen LogP contribution in [0.15, 0.2) is 60.7 Å². The van der Waals surface area contributed by atoms with E-state index in [0.29, 0.717) is 10.4 Å². The Morgan fingerprint density at radius 3 is 2.62 bits per heavy atom. The van der Waals surface area contributed by atoms with Crippen molar-refractivity contribution in [3.63, 3.8) is 0 Å². The van der Waals surface area contributed by atoms with Crippen LogP contribution < -0.4 is 34.7 Å². The summed E-state index contributed by atoms with van der Waals surface area (Å²) in [4.78, 5) is 15.6. The molecule has 0 amide bonds. The number of carbonyl (C=O) groups excluding carboxylic acids is 1. The first-order valence-electron chi connectivity index (χ1n) is 13.7. The summed E-state index contributed by atoms with van der Waals surface area (Å²) < 4.78 is 28.2. The number of nitrogens with zero attached hydrogens (tertiary/aromatic N) is 1. The number of carboxylic acid groups (broad SMARTS) is 1. The van der Waals surface area contributed by atoms with Gasteiger partial charge in [0.1, 0.15) is 5.52 Å². The molecule has 1 N–H and O–H groups in total. The van der Waals surface area contributed by atoms with Crippen molar-refractivity contribution in [3.05, 3.63) is 99.6 Å². The van der Waals surface area contributed by atoms with Crippen molar-refractivity contribution in [1.82, 2.24) is 4.98 Å². The van der Waals surface area contributed by atoms with Crippen LogP contribution in [0.4, 0.5) is 8.78 Å². The maximum Gasteiger partial charge on any atom is 1.00 e. The van der Waals surface area contributed by atoms with E-state index in [4.69, 9.17) is 0 Å². The first kappa shape index (κ1) is 32.8. The van der Waals surface area contributed by atoms with Crippen LogP contribution in [-0.2, 0) is 16.8 Å². The number of benzene rings is 2. The molecule has 2 heterocycles. The van der Waals surface area contributed by atoms with Crippen LogP contribution >= 0.6 is 23.1 Å². The van der Waals surface area contributed by atoms with E-state index < -0.39 is 22.5 Å². The molecule has 4 aromatic rings. The summed E-state index contributed by atoms with van der Waals surface area (Å²) in [6, 6.07) is 19.5. The van der Waals surface area contributed by atoms with Gasteiger partial charge in [0.15, 0.2) is 5.82 Å². The van der Waals surface area contributed by atoms with Crippen LogP contribution in [0, 0.1) is 16.4 Å². The van der Waals surface area contributed by atoms with E-state index >= 15 is 0 Å². The molecule has 0 radical (unpaired) electrons. The summed E-state index contributed by atoms with van der Waals surface area (Å²) in [7, 11) is 0. The van der Waals surface area contributed by atoms with Crippen molar-refractivity contribution in [2.45, 2.75) is 56.8 Å². The van der Waals surface area contributed by atoms with Gasteiger partial charge in [-0.25, -0.2) is 9.37 Å². The predicted octanol–water partition coefficient (Wildman–Crippen LogP) is 4.30. The molecule has 0 bridgehead atoms. The zero-order chi connectivity index (χ0) is 29.2. The van der Waals surface area contributed by atoms with Crippen LogP contribution in [0.2, 0.25) is 0 Å². The van der Waals surface area contributed by atoms with E-state index in [0.717, 1.165) is 65.0 Å². The minimum Gasteiger partial charge on any atom is -0.550 e. The first-order chi connectivity index (χ1) is 19.5. The van der Waals surface area contributed by atoms with Gasteiger partial charge < -0.3 is 15.0 Å². The minimum absolute atomic E-state index is 0. The molecule has 2 aromatic heterocycles. The molecular formula is C33H32F2NNaO3S2. The van der Waals surface area contributed by atoms with Gasteiger partial charge in [-0.1, -0.05) is 54.6 Å². The van der Waals surface area contributed by atoms with Crippen LogP contribution in [0.3, 0.4) is 0 Å². The van der Waals surface area contributed by atoms with Crippen molar-refractivity contribution >= 4 is 51.4 Å². The van der Waals surface area contributed by atoms with E-state index in [1.54, 1.807) is 43.8 Å². The van der Waals surface area contributed by atoms with Gasteiger partial charge in [0.05, 0.1) is 16.0 Å². The summed E-state index contributed by atoms with van der Waals surface area (Å²) >= 11 is 2.53. The maximum atomic E-state index is 14.1. The molecule has 214 valence electrons. The summed E-state index contributed by atoms with van der Waals surface area (Å²) in [6.45, 7) is 3.58. The Kier molecular flexibility index (Phi) is 10.7. The molecule has 1 aliphatic carbocycles. The van der Waals surface area contributed by atoms with Crippen molar-refractivity contribution in [1.29, 1.82) is 0 Å². The molecule has 1 atom stereocenters. The third-order valence-electron chi connectivity index (χ3n) is 7.61. The Bertz CT molecular complexity index is 1590. The number of carbonyl (C=O) groups is 1. The number of pyridine rings is 1. The molecule has 5 rings (SSSR count). The maximum absolute atomic E-state index is 14.1.